The first kappa shape index (κ1) is 16.2. The Bertz CT molecular complexity index is 719. The van der Waals surface area contributed by atoms with Crippen LogP contribution in [0.25, 0.3) is 11.1 Å². The molecule has 2 rings (SSSR count). The van der Waals surface area contributed by atoms with Gasteiger partial charge in [0, 0.05) is 17.4 Å². The molecule has 1 heterocycles. The number of amides is 1. The summed E-state index contributed by atoms with van der Waals surface area (Å²) < 4.78 is 4.88. The number of esters is 1. The van der Waals surface area contributed by atoms with Crippen LogP contribution in [0, 0.1) is 13.8 Å². The molecule has 1 amide bonds. The number of thiophene rings is 1. The second-order valence-electron chi connectivity index (χ2n) is 5.05. The van der Waals surface area contributed by atoms with Crippen molar-refractivity contribution in [2.24, 2.45) is 0 Å². The molecule has 0 spiro atoms. The number of hydrogen-bond acceptors (Lipinski definition) is 4. The number of carbonyl (C=O) groups is 2. The molecule has 0 radical (unpaired) electrons. The monoisotopic (exact) mass is 317 g/mol. The van der Waals surface area contributed by atoms with Crippen LogP contribution in [0.15, 0.2) is 23.6 Å². The lowest BCUT2D eigenvalue weighted by Gasteiger charge is -2.08. The Kier molecular flexibility index (Phi) is 4.98. The molecule has 0 fully saturated rings. The summed E-state index contributed by atoms with van der Waals surface area (Å²) in [6.07, 6.45) is 0.359. The number of anilines is 1. The molecule has 1 aromatic heterocycles. The van der Waals surface area contributed by atoms with Crippen molar-refractivity contribution in [2.45, 2.75) is 27.2 Å². The van der Waals surface area contributed by atoms with E-state index in [9.17, 15) is 9.59 Å². The highest BCUT2D eigenvalue weighted by molar-refractivity contribution is 7.15. The standard InChI is InChI=1S/C17H19NO3S/c1-5-14(19)18-16-15(17(20)21-4)13(9-22-16)12-7-6-10(2)11(3)8-12/h6-9H,5H2,1-4H3,(H,18,19). The van der Waals surface area contributed by atoms with Crippen LogP contribution in [0.3, 0.4) is 0 Å². The summed E-state index contributed by atoms with van der Waals surface area (Å²) in [6.45, 7) is 5.84. The third-order valence-electron chi connectivity index (χ3n) is 3.57. The fourth-order valence-corrected chi connectivity index (χ4v) is 3.06. The van der Waals surface area contributed by atoms with Crippen molar-refractivity contribution in [3.63, 3.8) is 0 Å². The highest BCUT2D eigenvalue weighted by Crippen LogP contribution is 2.36. The van der Waals surface area contributed by atoms with Crippen LogP contribution in [0.1, 0.15) is 34.8 Å². The fraction of sp³-hybridized carbons (Fsp3) is 0.294. The van der Waals surface area contributed by atoms with Crippen LogP contribution < -0.4 is 5.32 Å². The zero-order valence-corrected chi connectivity index (χ0v) is 14.0. The van der Waals surface area contributed by atoms with Gasteiger partial charge in [0.15, 0.2) is 0 Å². The first-order valence-electron chi connectivity index (χ1n) is 7.05. The molecule has 4 nitrogen and oxygen atoms in total. The van der Waals surface area contributed by atoms with Gasteiger partial charge in [0.25, 0.3) is 0 Å². The SMILES string of the molecule is CCC(=O)Nc1scc(-c2ccc(C)c(C)c2)c1C(=O)OC. The van der Waals surface area contributed by atoms with Gasteiger partial charge in [-0.05, 0) is 30.5 Å². The first-order chi connectivity index (χ1) is 10.5. The van der Waals surface area contributed by atoms with Gasteiger partial charge >= 0.3 is 5.97 Å². The minimum atomic E-state index is -0.444. The highest BCUT2D eigenvalue weighted by Gasteiger charge is 2.22. The molecule has 1 N–H and O–H groups in total. The number of methoxy groups -OCH3 is 1. The van der Waals surface area contributed by atoms with Crippen LogP contribution in [0.5, 0.6) is 0 Å². The summed E-state index contributed by atoms with van der Waals surface area (Å²) in [5, 5.41) is 5.18. The van der Waals surface area contributed by atoms with Gasteiger partial charge in [0.05, 0.1) is 7.11 Å². The molecule has 5 heteroatoms. The molecule has 2 aromatic rings. The Hall–Kier alpha value is -2.14. The molecule has 0 saturated carbocycles. The maximum atomic E-state index is 12.1. The maximum absolute atomic E-state index is 12.1. The van der Waals surface area contributed by atoms with Gasteiger partial charge in [-0.15, -0.1) is 11.3 Å². The van der Waals surface area contributed by atoms with E-state index < -0.39 is 5.97 Å². The van der Waals surface area contributed by atoms with Crippen molar-refractivity contribution in [3.05, 3.63) is 40.3 Å². The minimum absolute atomic E-state index is 0.126. The second kappa shape index (κ2) is 6.75. The Morgan fingerprint density at radius 2 is 1.95 bits per heavy atom. The van der Waals surface area contributed by atoms with Crippen LogP contribution >= 0.6 is 11.3 Å². The lowest BCUT2D eigenvalue weighted by Crippen LogP contribution is -2.12. The van der Waals surface area contributed by atoms with E-state index in [1.807, 2.05) is 37.4 Å². The van der Waals surface area contributed by atoms with Crippen molar-refractivity contribution >= 4 is 28.2 Å². The van der Waals surface area contributed by atoms with E-state index in [4.69, 9.17) is 4.74 Å². The van der Waals surface area contributed by atoms with Crippen molar-refractivity contribution in [1.82, 2.24) is 0 Å². The van der Waals surface area contributed by atoms with E-state index in [1.165, 1.54) is 24.0 Å². The summed E-state index contributed by atoms with van der Waals surface area (Å²) in [5.74, 6) is -0.570. The number of ether oxygens (including phenoxy) is 1. The smallest absolute Gasteiger partial charge is 0.341 e. The summed E-state index contributed by atoms with van der Waals surface area (Å²) in [4.78, 5) is 23.8. The van der Waals surface area contributed by atoms with E-state index in [-0.39, 0.29) is 5.91 Å². The molecule has 116 valence electrons. The summed E-state index contributed by atoms with van der Waals surface area (Å²) in [5.41, 5.74) is 4.48. The average molecular weight is 317 g/mol. The summed E-state index contributed by atoms with van der Waals surface area (Å²) in [6, 6.07) is 6.03. The lowest BCUT2D eigenvalue weighted by molar-refractivity contribution is -0.115. The molecule has 0 atom stereocenters. The Morgan fingerprint density at radius 3 is 2.55 bits per heavy atom. The van der Waals surface area contributed by atoms with E-state index >= 15 is 0 Å². The number of hydrogen-bond donors (Lipinski definition) is 1. The van der Waals surface area contributed by atoms with Gasteiger partial charge in [0.2, 0.25) is 5.91 Å². The van der Waals surface area contributed by atoms with Crippen LogP contribution in [0.4, 0.5) is 5.00 Å². The molecular weight excluding hydrogens is 298 g/mol. The molecule has 0 saturated heterocycles. The Morgan fingerprint density at radius 1 is 1.23 bits per heavy atom. The van der Waals surface area contributed by atoms with Crippen LogP contribution in [-0.4, -0.2) is 19.0 Å². The van der Waals surface area contributed by atoms with Gasteiger partial charge in [-0.25, -0.2) is 4.79 Å². The van der Waals surface area contributed by atoms with Crippen molar-refractivity contribution < 1.29 is 14.3 Å². The fourth-order valence-electron chi connectivity index (χ4n) is 2.09. The molecule has 22 heavy (non-hydrogen) atoms. The molecule has 0 aliphatic heterocycles. The topological polar surface area (TPSA) is 55.4 Å². The molecule has 0 bridgehead atoms. The second-order valence-corrected chi connectivity index (χ2v) is 5.93. The van der Waals surface area contributed by atoms with Gasteiger partial charge < -0.3 is 10.1 Å². The van der Waals surface area contributed by atoms with E-state index in [1.54, 1.807) is 6.92 Å². The average Bonchev–Trinajstić information content (AvgIpc) is 2.92. The van der Waals surface area contributed by atoms with Crippen LogP contribution in [-0.2, 0) is 9.53 Å². The van der Waals surface area contributed by atoms with Crippen molar-refractivity contribution in [2.75, 3.05) is 12.4 Å². The number of carbonyl (C=O) groups excluding carboxylic acids is 2. The first-order valence-corrected chi connectivity index (χ1v) is 7.93. The molecule has 0 aliphatic carbocycles. The maximum Gasteiger partial charge on any atom is 0.341 e. The van der Waals surface area contributed by atoms with Gasteiger partial charge in [-0.2, -0.15) is 0 Å². The van der Waals surface area contributed by atoms with Gasteiger partial charge in [-0.3, -0.25) is 4.79 Å². The highest BCUT2D eigenvalue weighted by atomic mass is 32.1. The largest absolute Gasteiger partial charge is 0.465 e. The third kappa shape index (κ3) is 3.20. The predicted molar refractivity (Wildman–Crippen MR) is 89.5 cm³/mol. The quantitative estimate of drug-likeness (QED) is 0.861. The molecule has 0 aliphatic rings. The predicted octanol–water partition coefficient (Wildman–Crippen LogP) is 4.17. The van der Waals surface area contributed by atoms with E-state index in [0.717, 1.165) is 16.7 Å². The number of aryl methyl sites for hydroxylation is 2. The van der Waals surface area contributed by atoms with Gasteiger partial charge in [-0.1, -0.05) is 25.1 Å². The normalized spacial score (nSPS) is 10.4. The Balaban J connectivity index is 2.53. The van der Waals surface area contributed by atoms with Crippen molar-refractivity contribution in [1.29, 1.82) is 0 Å². The van der Waals surface area contributed by atoms with E-state index in [0.29, 0.717) is 17.0 Å². The Labute approximate surface area is 134 Å². The zero-order chi connectivity index (χ0) is 16.3. The number of rotatable bonds is 4. The molecule has 1 aromatic carbocycles. The zero-order valence-electron chi connectivity index (χ0n) is 13.1. The number of benzene rings is 1. The third-order valence-corrected chi connectivity index (χ3v) is 4.47. The minimum Gasteiger partial charge on any atom is -0.465 e. The molecule has 0 unspecified atom stereocenters. The molecular formula is C17H19NO3S. The number of nitrogens with one attached hydrogen (secondary N) is 1. The summed E-state index contributed by atoms with van der Waals surface area (Å²) >= 11 is 1.34. The summed E-state index contributed by atoms with van der Waals surface area (Å²) in [7, 11) is 1.34. The van der Waals surface area contributed by atoms with Crippen LogP contribution in [0.2, 0.25) is 0 Å². The van der Waals surface area contributed by atoms with Crippen molar-refractivity contribution in [3.8, 4) is 11.1 Å². The van der Waals surface area contributed by atoms with E-state index in [2.05, 4.69) is 5.32 Å². The van der Waals surface area contributed by atoms with Gasteiger partial charge in [0.1, 0.15) is 10.6 Å². The lowest BCUT2D eigenvalue weighted by atomic mass is 9.99.